The molecule has 98 valence electrons. The highest BCUT2D eigenvalue weighted by molar-refractivity contribution is 9.10. The highest BCUT2D eigenvalue weighted by Crippen LogP contribution is 2.21. The van der Waals surface area contributed by atoms with E-state index in [-0.39, 0.29) is 5.91 Å². The van der Waals surface area contributed by atoms with Gasteiger partial charge in [0.15, 0.2) is 0 Å². The van der Waals surface area contributed by atoms with Crippen molar-refractivity contribution in [2.24, 2.45) is 5.92 Å². The molecule has 0 bridgehead atoms. The lowest BCUT2D eigenvalue weighted by Gasteiger charge is -2.18. The summed E-state index contributed by atoms with van der Waals surface area (Å²) in [6.45, 7) is 3.19. The van der Waals surface area contributed by atoms with Crippen LogP contribution in [0, 0.1) is 5.92 Å². The molecule has 0 aromatic heterocycles. The smallest absolute Gasteiger partial charge is 0.308 e. The number of hydrogen-bond donors (Lipinski definition) is 2. The Morgan fingerprint density at radius 3 is 2.56 bits per heavy atom. The summed E-state index contributed by atoms with van der Waals surface area (Å²) in [5.74, 6) is -1.97. The summed E-state index contributed by atoms with van der Waals surface area (Å²) in [6.07, 6.45) is 0. The van der Waals surface area contributed by atoms with E-state index < -0.39 is 17.9 Å². The van der Waals surface area contributed by atoms with Gasteiger partial charge in [0.1, 0.15) is 0 Å². The van der Waals surface area contributed by atoms with Gasteiger partial charge in [0.05, 0.1) is 11.5 Å². The van der Waals surface area contributed by atoms with Crippen molar-refractivity contribution in [2.45, 2.75) is 19.9 Å². The first-order chi connectivity index (χ1) is 8.32. The number of carboxylic acids is 1. The molecule has 4 nitrogen and oxygen atoms in total. The molecular weight excluding hydrogens is 321 g/mol. The number of halogens is 2. The number of nitrogens with one attached hydrogen (secondary N) is 1. The van der Waals surface area contributed by atoms with Gasteiger partial charge in [0, 0.05) is 15.5 Å². The van der Waals surface area contributed by atoms with Gasteiger partial charge in [-0.1, -0.05) is 11.6 Å². The third kappa shape index (κ3) is 3.71. The first kappa shape index (κ1) is 15.0. The van der Waals surface area contributed by atoms with Crippen LogP contribution in [0.25, 0.3) is 0 Å². The van der Waals surface area contributed by atoms with E-state index in [9.17, 15) is 9.59 Å². The van der Waals surface area contributed by atoms with E-state index in [4.69, 9.17) is 16.7 Å². The number of aliphatic carboxylic acids is 1. The molecule has 0 aliphatic carbocycles. The predicted molar refractivity (Wildman–Crippen MR) is 72.9 cm³/mol. The maximum Gasteiger partial charge on any atom is 0.308 e. The Morgan fingerprint density at radius 2 is 2.00 bits per heavy atom. The SMILES string of the molecule is CC(NC(=O)c1cc(Cl)ccc1Br)C(C)C(=O)O. The van der Waals surface area contributed by atoms with Crippen molar-refractivity contribution in [1.29, 1.82) is 0 Å². The fourth-order valence-corrected chi connectivity index (χ4v) is 1.89. The van der Waals surface area contributed by atoms with Crippen molar-refractivity contribution in [3.63, 3.8) is 0 Å². The van der Waals surface area contributed by atoms with Gasteiger partial charge >= 0.3 is 5.97 Å². The second-order valence-corrected chi connectivity index (χ2v) is 5.30. The standard InChI is InChI=1S/C12H13BrClNO3/c1-6(12(17)18)7(2)15-11(16)9-5-8(14)3-4-10(9)13/h3-7H,1-2H3,(H,15,16)(H,17,18). The summed E-state index contributed by atoms with van der Waals surface area (Å²) in [4.78, 5) is 22.8. The highest BCUT2D eigenvalue weighted by atomic mass is 79.9. The molecule has 0 spiro atoms. The zero-order chi connectivity index (χ0) is 13.9. The summed E-state index contributed by atoms with van der Waals surface area (Å²) < 4.78 is 0.611. The molecule has 0 radical (unpaired) electrons. The van der Waals surface area contributed by atoms with Gasteiger partial charge in [-0.25, -0.2) is 0 Å². The average molecular weight is 335 g/mol. The molecule has 0 fully saturated rings. The van der Waals surface area contributed by atoms with E-state index in [2.05, 4.69) is 21.2 Å². The van der Waals surface area contributed by atoms with Crippen LogP contribution >= 0.6 is 27.5 Å². The van der Waals surface area contributed by atoms with Crippen molar-refractivity contribution in [3.8, 4) is 0 Å². The van der Waals surface area contributed by atoms with Gasteiger partial charge < -0.3 is 10.4 Å². The molecular formula is C12H13BrClNO3. The minimum atomic E-state index is -0.951. The Hall–Kier alpha value is -1.07. The topological polar surface area (TPSA) is 66.4 Å². The second kappa shape index (κ2) is 6.20. The van der Waals surface area contributed by atoms with Crippen LogP contribution in [-0.4, -0.2) is 23.0 Å². The highest BCUT2D eigenvalue weighted by Gasteiger charge is 2.22. The van der Waals surface area contributed by atoms with Gasteiger partial charge in [-0.3, -0.25) is 9.59 Å². The van der Waals surface area contributed by atoms with Crippen molar-refractivity contribution >= 4 is 39.4 Å². The van der Waals surface area contributed by atoms with Crippen molar-refractivity contribution < 1.29 is 14.7 Å². The predicted octanol–water partition coefficient (Wildman–Crippen LogP) is 2.94. The Balaban J connectivity index is 2.82. The van der Waals surface area contributed by atoms with Gasteiger partial charge in [0.25, 0.3) is 5.91 Å². The second-order valence-electron chi connectivity index (χ2n) is 4.01. The van der Waals surface area contributed by atoms with Crippen LogP contribution < -0.4 is 5.32 Å². The zero-order valence-electron chi connectivity index (χ0n) is 9.91. The van der Waals surface area contributed by atoms with Crippen LogP contribution in [0.15, 0.2) is 22.7 Å². The fourth-order valence-electron chi connectivity index (χ4n) is 1.29. The van der Waals surface area contributed by atoms with Crippen LogP contribution in [0.4, 0.5) is 0 Å². The number of benzene rings is 1. The largest absolute Gasteiger partial charge is 0.481 e. The number of carbonyl (C=O) groups is 2. The lowest BCUT2D eigenvalue weighted by molar-refractivity contribution is -0.141. The van der Waals surface area contributed by atoms with Crippen molar-refractivity contribution in [2.75, 3.05) is 0 Å². The lowest BCUT2D eigenvalue weighted by Crippen LogP contribution is -2.40. The first-order valence-electron chi connectivity index (χ1n) is 5.31. The number of rotatable bonds is 4. The van der Waals surface area contributed by atoms with E-state index >= 15 is 0 Å². The summed E-state index contributed by atoms with van der Waals surface area (Å²) >= 11 is 9.07. The molecule has 1 amide bonds. The molecule has 0 saturated carbocycles. The van der Waals surface area contributed by atoms with Gasteiger partial charge in [-0.2, -0.15) is 0 Å². The number of amides is 1. The van der Waals surface area contributed by atoms with Crippen LogP contribution in [0.5, 0.6) is 0 Å². The Kier molecular flexibility index (Phi) is 5.16. The molecule has 0 aliphatic rings. The molecule has 1 aromatic carbocycles. The molecule has 1 rings (SSSR count). The third-order valence-electron chi connectivity index (χ3n) is 2.67. The lowest BCUT2D eigenvalue weighted by atomic mass is 10.0. The van der Waals surface area contributed by atoms with Gasteiger partial charge in [-0.15, -0.1) is 0 Å². The first-order valence-corrected chi connectivity index (χ1v) is 6.48. The molecule has 2 N–H and O–H groups in total. The molecule has 6 heteroatoms. The van der Waals surface area contributed by atoms with Crippen molar-refractivity contribution in [1.82, 2.24) is 5.32 Å². The Morgan fingerprint density at radius 1 is 1.39 bits per heavy atom. The third-order valence-corrected chi connectivity index (χ3v) is 3.60. The Bertz CT molecular complexity index is 478. The van der Waals surface area contributed by atoms with Crippen LogP contribution in [0.1, 0.15) is 24.2 Å². The molecule has 0 heterocycles. The maximum absolute atomic E-state index is 12.0. The van der Waals surface area contributed by atoms with E-state index in [0.717, 1.165) is 0 Å². The van der Waals surface area contributed by atoms with Crippen molar-refractivity contribution in [3.05, 3.63) is 33.3 Å². The van der Waals surface area contributed by atoms with Crippen LogP contribution in [-0.2, 0) is 4.79 Å². The normalized spacial score (nSPS) is 13.8. The van der Waals surface area contributed by atoms with Gasteiger partial charge in [0.2, 0.25) is 0 Å². The quantitative estimate of drug-likeness (QED) is 0.889. The summed E-state index contributed by atoms with van der Waals surface area (Å²) in [6, 6.07) is 4.38. The van der Waals surface area contributed by atoms with E-state index in [1.54, 1.807) is 26.0 Å². The maximum atomic E-state index is 12.0. The van der Waals surface area contributed by atoms with Crippen LogP contribution in [0.3, 0.4) is 0 Å². The number of hydrogen-bond acceptors (Lipinski definition) is 2. The Labute approximate surface area is 118 Å². The van der Waals surface area contributed by atoms with E-state index in [0.29, 0.717) is 15.1 Å². The fraction of sp³-hybridized carbons (Fsp3) is 0.333. The number of carboxylic acid groups (broad SMARTS) is 1. The molecule has 0 aliphatic heterocycles. The van der Waals surface area contributed by atoms with E-state index in [1.807, 2.05) is 0 Å². The molecule has 0 saturated heterocycles. The molecule has 2 unspecified atom stereocenters. The molecule has 2 atom stereocenters. The minimum Gasteiger partial charge on any atom is -0.481 e. The number of carbonyl (C=O) groups excluding carboxylic acids is 1. The summed E-state index contributed by atoms with van der Waals surface area (Å²) in [7, 11) is 0. The molecule has 18 heavy (non-hydrogen) atoms. The summed E-state index contributed by atoms with van der Waals surface area (Å²) in [5, 5.41) is 11.9. The minimum absolute atomic E-state index is 0.357. The van der Waals surface area contributed by atoms with E-state index in [1.165, 1.54) is 6.07 Å². The monoisotopic (exact) mass is 333 g/mol. The van der Waals surface area contributed by atoms with Gasteiger partial charge in [-0.05, 0) is 48.0 Å². The summed E-state index contributed by atoms with van der Waals surface area (Å²) in [5.41, 5.74) is 0.381. The molecule has 1 aromatic rings. The average Bonchev–Trinajstić information content (AvgIpc) is 2.30. The van der Waals surface area contributed by atoms with Crippen LogP contribution in [0.2, 0.25) is 5.02 Å². The zero-order valence-corrected chi connectivity index (χ0v) is 12.2.